The van der Waals surface area contributed by atoms with Crippen LogP contribution in [-0.2, 0) is 6.67 Å². The second kappa shape index (κ2) is 5.80. The smallest absolute Gasteiger partial charge is 0.282 e. The number of fused-ring (bicyclic) bond motifs is 2. The fourth-order valence-corrected chi connectivity index (χ4v) is 4.38. The van der Waals surface area contributed by atoms with Gasteiger partial charge in [-0.25, -0.2) is 0 Å². The summed E-state index contributed by atoms with van der Waals surface area (Å²) in [4.78, 5) is 14.1. The summed E-state index contributed by atoms with van der Waals surface area (Å²) in [6.45, 7) is 1.82. The molecule has 3 atom stereocenters. The number of nitrogens with one attached hydrogen (secondary N) is 1. The highest BCUT2D eigenvalue weighted by atomic mass is 16.1. The van der Waals surface area contributed by atoms with Crippen LogP contribution in [0.3, 0.4) is 0 Å². The molecule has 2 fully saturated rings. The van der Waals surface area contributed by atoms with Crippen LogP contribution >= 0.6 is 0 Å². The number of aromatic nitrogens is 3. The van der Waals surface area contributed by atoms with E-state index in [0.29, 0.717) is 23.6 Å². The normalized spacial score (nSPS) is 28.5. The lowest BCUT2D eigenvalue weighted by Crippen LogP contribution is -3.17. The van der Waals surface area contributed by atoms with Crippen LogP contribution in [0.2, 0.25) is 0 Å². The van der Waals surface area contributed by atoms with E-state index in [1.54, 1.807) is 4.68 Å². The number of hydrogen-bond donors (Lipinski definition) is 1. The van der Waals surface area contributed by atoms with E-state index in [2.05, 4.69) is 10.3 Å². The third-order valence-electron chi connectivity index (χ3n) is 5.49. The number of quaternary nitrogens is 1. The first kappa shape index (κ1) is 13.9. The number of hydrogen-bond acceptors (Lipinski definition) is 3. The van der Waals surface area contributed by atoms with Crippen LogP contribution in [0, 0.1) is 5.92 Å². The van der Waals surface area contributed by atoms with Crippen molar-refractivity contribution in [1.82, 2.24) is 15.0 Å². The Balaban J connectivity index is 1.62. The molecule has 0 amide bonds. The van der Waals surface area contributed by atoms with Crippen molar-refractivity contribution in [2.45, 2.75) is 51.2 Å². The maximum atomic E-state index is 12.6. The van der Waals surface area contributed by atoms with Crippen molar-refractivity contribution in [3.8, 4) is 0 Å². The zero-order chi connectivity index (χ0) is 14.9. The number of benzene rings is 1. The maximum absolute atomic E-state index is 12.6. The molecule has 2 heterocycles. The molecule has 5 heteroatoms. The maximum Gasteiger partial charge on any atom is 0.282 e. The molecule has 4 rings (SSSR count). The standard InChI is InChI=1S/C17H22N4O/c22-17-14-8-2-3-9-15(14)18-19-21(17)12-20-11-5-7-13-6-1-4-10-16(13)20/h2-3,8-9,13,16H,1,4-7,10-12H2/p+1/t13-,16+/m1/s1. The lowest BCUT2D eigenvalue weighted by Gasteiger charge is -2.40. The van der Waals surface area contributed by atoms with Gasteiger partial charge in [-0.2, -0.15) is 4.68 Å². The van der Waals surface area contributed by atoms with Gasteiger partial charge in [-0.3, -0.25) is 4.79 Å². The van der Waals surface area contributed by atoms with Crippen LogP contribution in [0.15, 0.2) is 29.1 Å². The summed E-state index contributed by atoms with van der Waals surface area (Å²) in [5.41, 5.74) is 0.684. The van der Waals surface area contributed by atoms with E-state index in [1.165, 1.54) is 43.4 Å². The van der Waals surface area contributed by atoms with E-state index in [9.17, 15) is 4.79 Å². The highest BCUT2D eigenvalue weighted by molar-refractivity contribution is 5.76. The molecule has 1 saturated heterocycles. The third kappa shape index (κ3) is 2.43. The van der Waals surface area contributed by atoms with E-state index < -0.39 is 0 Å². The summed E-state index contributed by atoms with van der Waals surface area (Å²) >= 11 is 0. The predicted octanol–water partition coefficient (Wildman–Crippen LogP) is 0.986. The molecule has 1 unspecified atom stereocenters. The van der Waals surface area contributed by atoms with Crippen molar-refractivity contribution in [2.75, 3.05) is 6.54 Å². The Kier molecular flexibility index (Phi) is 3.66. The van der Waals surface area contributed by atoms with Gasteiger partial charge in [0, 0.05) is 5.92 Å². The van der Waals surface area contributed by atoms with Gasteiger partial charge in [-0.1, -0.05) is 23.8 Å². The van der Waals surface area contributed by atoms with Gasteiger partial charge in [0.05, 0.1) is 18.0 Å². The highest BCUT2D eigenvalue weighted by Crippen LogP contribution is 2.28. The van der Waals surface area contributed by atoms with Crippen molar-refractivity contribution >= 4 is 10.9 Å². The lowest BCUT2D eigenvalue weighted by molar-refractivity contribution is -0.958. The Bertz CT molecular complexity index is 724. The van der Waals surface area contributed by atoms with Crippen molar-refractivity contribution in [3.63, 3.8) is 0 Å². The molecular formula is C17H23N4O+. The van der Waals surface area contributed by atoms with E-state index in [4.69, 9.17) is 0 Å². The first-order valence-electron chi connectivity index (χ1n) is 8.50. The Hall–Kier alpha value is -1.75. The molecule has 1 N–H and O–H groups in total. The molecule has 1 aliphatic heterocycles. The zero-order valence-electron chi connectivity index (χ0n) is 12.9. The average Bonchev–Trinajstić information content (AvgIpc) is 2.58. The zero-order valence-corrected chi connectivity index (χ0v) is 12.9. The minimum absolute atomic E-state index is 0.00367. The fraction of sp³-hybridized carbons (Fsp3) is 0.588. The fourth-order valence-electron chi connectivity index (χ4n) is 4.38. The van der Waals surface area contributed by atoms with E-state index in [-0.39, 0.29) is 5.56 Å². The summed E-state index contributed by atoms with van der Waals surface area (Å²) in [7, 11) is 0. The molecule has 5 nitrogen and oxygen atoms in total. The first-order chi connectivity index (χ1) is 10.8. The quantitative estimate of drug-likeness (QED) is 0.899. The monoisotopic (exact) mass is 299 g/mol. The van der Waals surface area contributed by atoms with Gasteiger partial charge in [-0.15, -0.1) is 5.10 Å². The van der Waals surface area contributed by atoms with Crippen molar-refractivity contribution in [3.05, 3.63) is 34.6 Å². The molecule has 0 radical (unpaired) electrons. The minimum atomic E-state index is -0.00367. The van der Waals surface area contributed by atoms with Crippen molar-refractivity contribution in [1.29, 1.82) is 0 Å². The summed E-state index contributed by atoms with van der Waals surface area (Å²) < 4.78 is 1.58. The SMILES string of the molecule is O=c1c2ccccc2nnn1C[NH+]1CCC[C@H]2CCCC[C@@H]21. The molecule has 1 aliphatic carbocycles. The summed E-state index contributed by atoms with van der Waals surface area (Å²) in [5.74, 6) is 0.849. The molecule has 1 aromatic heterocycles. The topological polar surface area (TPSA) is 52.2 Å². The van der Waals surface area contributed by atoms with Gasteiger partial charge in [0.25, 0.3) is 5.56 Å². The largest absolute Gasteiger partial charge is 0.314 e. The van der Waals surface area contributed by atoms with Crippen LogP contribution in [0.1, 0.15) is 38.5 Å². The molecule has 0 bridgehead atoms. The second-order valence-electron chi connectivity index (χ2n) is 6.77. The Morgan fingerprint density at radius 2 is 1.95 bits per heavy atom. The van der Waals surface area contributed by atoms with Crippen LogP contribution in [-0.4, -0.2) is 27.6 Å². The summed E-state index contributed by atoms with van der Waals surface area (Å²) in [6, 6.07) is 8.18. The van der Waals surface area contributed by atoms with E-state index in [1.807, 2.05) is 24.3 Å². The van der Waals surface area contributed by atoms with Crippen molar-refractivity contribution in [2.24, 2.45) is 5.92 Å². The van der Waals surface area contributed by atoms with E-state index in [0.717, 1.165) is 12.5 Å². The Morgan fingerprint density at radius 1 is 1.14 bits per heavy atom. The summed E-state index contributed by atoms with van der Waals surface area (Å²) in [6.07, 6.45) is 8.02. The minimum Gasteiger partial charge on any atom is -0.314 e. The van der Waals surface area contributed by atoms with Crippen LogP contribution in [0.4, 0.5) is 0 Å². The predicted molar refractivity (Wildman–Crippen MR) is 84.6 cm³/mol. The number of nitrogens with zero attached hydrogens (tertiary/aromatic N) is 3. The van der Waals surface area contributed by atoms with Crippen molar-refractivity contribution < 1.29 is 4.90 Å². The molecule has 116 valence electrons. The van der Waals surface area contributed by atoms with Gasteiger partial charge in [0.2, 0.25) is 0 Å². The highest BCUT2D eigenvalue weighted by Gasteiger charge is 2.36. The van der Waals surface area contributed by atoms with Crippen LogP contribution in [0.5, 0.6) is 0 Å². The molecule has 1 aromatic carbocycles. The molecule has 0 spiro atoms. The van der Waals surface area contributed by atoms with Gasteiger partial charge < -0.3 is 4.90 Å². The van der Waals surface area contributed by atoms with Gasteiger partial charge >= 0.3 is 0 Å². The lowest BCUT2D eigenvalue weighted by atomic mass is 9.78. The number of likely N-dealkylation sites (tertiary alicyclic amines) is 1. The first-order valence-corrected chi connectivity index (χ1v) is 8.50. The van der Waals surface area contributed by atoms with Crippen LogP contribution in [0.25, 0.3) is 10.9 Å². The van der Waals surface area contributed by atoms with E-state index >= 15 is 0 Å². The molecule has 2 aromatic rings. The van der Waals surface area contributed by atoms with Gasteiger partial charge in [-0.05, 0) is 44.2 Å². The number of piperidine rings is 1. The van der Waals surface area contributed by atoms with Gasteiger partial charge in [0.15, 0.2) is 6.67 Å². The van der Waals surface area contributed by atoms with Crippen LogP contribution < -0.4 is 10.5 Å². The number of rotatable bonds is 2. The molecule has 22 heavy (non-hydrogen) atoms. The Morgan fingerprint density at radius 3 is 2.91 bits per heavy atom. The molecular weight excluding hydrogens is 276 g/mol. The van der Waals surface area contributed by atoms with Gasteiger partial charge in [0.1, 0.15) is 5.52 Å². The second-order valence-corrected chi connectivity index (χ2v) is 6.77. The molecule has 2 aliphatic rings. The molecule has 1 saturated carbocycles. The third-order valence-corrected chi connectivity index (χ3v) is 5.49. The average molecular weight is 299 g/mol. The summed E-state index contributed by atoms with van der Waals surface area (Å²) in [5, 5.41) is 9.06. The Labute approximate surface area is 129 Å².